The van der Waals surface area contributed by atoms with Crippen molar-refractivity contribution in [1.82, 2.24) is 4.90 Å². The van der Waals surface area contributed by atoms with Crippen LogP contribution in [0.2, 0.25) is 0 Å². The average molecular weight is 399 g/mol. The first kappa shape index (κ1) is 20.3. The maximum Gasteiger partial charge on any atom is 0.241 e. The molecule has 0 atom stereocenters. The number of amides is 2. The molecular formula is C21H22FN3O4. The van der Waals surface area contributed by atoms with Gasteiger partial charge in [0.05, 0.1) is 32.2 Å². The third-order valence-electron chi connectivity index (χ3n) is 4.30. The summed E-state index contributed by atoms with van der Waals surface area (Å²) in [6, 6.07) is 12.7. The van der Waals surface area contributed by atoms with E-state index in [0.717, 1.165) is 0 Å². The number of hydrogen-bond acceptors (Lipinski definition) is 5. The standard InChI is InChI=1S/C21H22FN3O4/c22-16-5-7-17(8-6-16)25(10-9-20(23)26)21(27)15-24(13-18-3-1-11-28-18)14-19-4-2-12-29-19/h1-8,11-12H,9-10,13-15H2,(H2,23,26). The van der Waals surface area contributed by atoms with Crippen LogP contribution in [0.4, 0.5) is 10.1 Å². The average Bonchev–Trinajstić information content (AvgIpc) is 3.37. The topological polar surface area (TPSA) is 92.9 Å². The molecule has 2 heterocycles. The van der Waals surface area contributed by atoms with Crippen LogP contribution < -0.4 is 10.6 Å². The van der Waals surface area contributed by atoms with Gasteiger partial charge in [-0.2, -0.15) is 0 Å². The van der Waals surface area contributed by atoms with E-state index in [9.17, 15) is 14.0 Å². The van der Waals surface area contributed by atoms with Gasteiger partial charge in [-0.15, -0.1) is 0 Å². The fraction of sp³-hybridized carbons (Fsp3) is 0.238. The lowest BCUT2D eigenvalue weighted by Crippen LogP contribution is -2.41. The summed E-state index contributed by atoms with van der Waals surface area (Å²) in [6.45, 7) is 0.936. The highest BCUT2D eigenvalue weighted by molar-refractivity contribution is 5.95. The van der Waals surface area contributed by atoms with E-state index in [0.29, 0.717) is 30.3 Å². The second-order valence-corrected chi connectivity index (χ2v) is 6.54. The number of primary amides is 1. The fourth-order valence-corrected chi connectivity index (χ4v) is 2.93. The van der Waals surface area contributed by atoms with Gasteiger partial charge in [0.2, 0.25) is 11.8 Å². The maximum absolute atomic E-state index is 13.3. The largest absolute Gasteiger partial charge is 0.468 e. The lowest BCUT2D eigenvalue weighted by molar-refractivity contribution is -0.120. The Morgan fingerprint density at radius 2 is 1.52 bits per heavy atom. The van der Waals surface area contributed by atoms with E-state index in [1.807, 2.05) is 17.0 Å². The fourth-order valence-electron chi connectivity index (χ4n) is 2.93. The minimum absolute atomic E-state index is 0.000512. The molecule has 2 aromatic heterocycles. The third-order valence-corrected chi connectivity index (χ3v) is 4.30. The molecule has 0 spiro atoms. The van der Waals surface area contributed by atoms with Gasteiger partial charge < -0.3 is 19.5 Å². The Hall–Kier alpha value is -3.39. The van der Waals surface area contributed by atoms with Gasteiger partial charge in [0.25, 0.3) is 0 Å². The Morgan fingerprint density at radius 1 is 0.931 bits per heavy atom. The molecule has 0 saturated heterocycles. The van der Waals surface area contributed by atoms with Crippen LogP contribution in [-0.4, -0.2) is 29.8 Å². The second-order valence-electron chi connectivity index (χ2n) is 6.54. The molecule has 0 unspecified atom stereocenters. The van der Waals surface area contributed by atoms with Gasteiger partial charge in [-0.1, -0.05) is 0 Å². The zero-order valence-corrected chi connectivity index (χ0v) is 15.8. The molecule has 0 aliphatic carbocycles. The van der Waals surface area contributed by atoms with E-state index in [4.69, 9.17) is 14.6 Å². The Kier molecular flexibility index (Phi) is 6.80. The van der Waals surface area contributed by atoms with Crippen molar-refractivity contribution in [2.75, 3.05) is 18.0 Å². The highest BCUT2D eigenvalue weighted by Gasteiger charge is 2.21. The summed E-state index contributed by atoms with van der Waals surface area (Å²) in [4.78, 5) is 27.6. The van der Waals surface area contributed by atoms with E-state index in [1.165, 1.54) is 29.2 Å². The van der Waals surface area contributed by atoms with Crippen LogP contribution in [0.25, 0.3) is 0 Å². The van der Waals surface area contributed by atoms with E-state index >= 15 is 0 Å². The van der Waals surface area contributed by atoms with Gasteiger partial charge in [-0.05, 0) is 48.5 Å². The number of anilines is 1. The van der Waals surface area contributed by atoms with Crippen LogP contribution in [0, 0.1) is 5.82 Å². The summed E-state index contributed by atoms with van der Waals surface area (Å²) in [5.41, 5.74) is 5.75. The van der Waals surface area contributed by atoms with E-state index < -0.39 is 11.7 Å². The Labute approximate surface area is 167 Å². The molecule has 2 N–H and O–H groups in total. The smallest absolute Gasteiger partial charge is 0.241 e. The van der Waals surface area contributed by atoms with Gasteiger partial charge >= 0.3 is 0 Å². The van der Waals surface area contributed by atoms with Crippen molar-refractivity contribution in [2.24, 2.45) is 5.73 Å². The summed E-state index contributed by atoms with van der Waals surface area (Å²) >= 11 is 0. The molecule has 152 valence electrons. The van der Waals surface area contributed by atoms with E-state index in [-0.39, 0.29) is 25.4 Å². The molecule has 0 fully saturated rings. The van der Waals surface area contributed by atoms with E-state index in [2.05, 4.69) is 0 Å². The lowest BCUT2D eigenvalue weighted by Gasteiger charge is -2.26. The number of furan rings is 2. The van der Waals surface area contributed by atoms with Gasteiger partial charge in [0, 0.05) is 18.7 Å². The zero-order valence-electron chi connectivity index (χ0n) is 15.8. The number of hydrogen-bond donors (Lipinski definition) is 1. The van der Waals surface area contributed by atoms with Crippen molar-refractivity contribution in [1.29, 1.82) is 0 Å². The van der Waals surface area contributed by atoms with Crippen LogP contribution in [-0.2, 0) is 22.7 Å². The number of benzene rings is 1. The van der Waals surface area contributed by atoms with Crippen LogP contribution in [0.3, 0.4) is 0 Å². The summed E-state index contributed by atoms with van der Waals surface area (Å²) in [7, 11) is 0. The van der Waals surface area contributed by atoms with Crippen molar-refractivity contribution >= 4 is 17.5 Å². The number of halogens is 1. The van der Waals surface area contributed by atoms with Gasteiger partial charge in [-0.3, -0.25) is 14.5 Å². The molecule has 3 rings (SSSR count). The number of carbonyl (C=O) groups is 2. The Balaban J connectivity index is 1.77. The Morgan fingerprint density at radius 3 is 2.00 bits per heavy atom. The molecule has 1 aromatic carbocycles. The number of rotatable bonds is 10. The maximum atomic E-state index is 13.3. The van der Waals surface area contributed by atoms with E-state index in [1.54, 1.807) is 24.7 Å². The molecule has 0 aliphatic rings. The highest BCUT2D eigenvalue weighted by Crippen LogP contribution is 2.18. The number of carbonyl (C=O) groups excluding carboxylic acids is 2. The molecule has 0 aliphatic heterocycles. The molecule has 0 radical (unpaired) electrons. The molecule has 0 saturated carbocycles. The first-order valence-corrected chi connectivity index (χ1v) is 9.12. The molecule has 8 heteroatoms. The normalized spacial score (nSPS) is 11.0. The highest BCUT2D eigenvalue weighted by atomic mass is 19.1. The lowest BCUT2D eigenvalue weighted by atomic mass is 10.2. The van der Waals surface area contributed by atoms with Crippen molar-refractivity contribution in [3.05, 3.63) is 78.4 Å². The summed E-state index contributed by atoms with van der Waals surface area (Å²) in [5.74, 6) is 0.224. The SMILES string of the molecule is NC(=O)CCN(C(=O)CN(Cc1ccco1)Cc1ccco1)c1ccc(F)cc1. The first-order chi connectivity index (χ1) is 14.0. The predicted molar refractivity (Wildman–Crippen MR) is 104 cm³/mol. The molecule has 7 nitrogen and oxygen atoms in total. The number of nitrogens with zero attached hydrogens (tertiary/aromatic N) is 2. The van der Waals surface area contributed by atoms with Crippen molar-refractivity contribution in [3.8, 4) is 0 Å². The summed E-state index contributed by atoms with van der Waals surface area (Å²) in [5, 5.41) is 0. The summed E-state index contributed by atoms with van der Waals surface area (Å²) in [6.07, 6.45) is 3.14. The van der Waals surface area contributed by atoms with Crippen molar-refractivity contribution in [2.45, 2.75) is 19.5 Å². The zero-order chi connectivity index (χ0) is 20.6. The molecule has 2 amide bonds. The second kappa shape index (κ2) is 9.70. The van der Waals surface area contributed by atoms with Crippen LogP contribution in [0.5, 0.6) is 0 Å². The van der Waals surface area contributed by atoms with Crippen LogP contribution >= 0.6 is 0 Å². The van der Waals surface area contributed by atoms with Gasteiger partial charge in [-0.25, -0.2) is 4.39 Å². The Bertz CT molecular complexity index is 872. The minimum Gasteiger partial charge on any atom is -0.468 e. The van der Waals surface area contributed by atoms with Gasteiger partial charge in [0.15, 0.2) is 0 Å². The molecule has 0 bridgehead atoms. The third kappa shape index (κ3) is 6.05. The van der Waals surface area contributed by atoms with Gasteiger partial charge in [0.1, 0.15) is 17.3 Å². The number of nitrogens with two attached hydrogens (primary N) is 1. The monoisotopic (exact) mass is 399 g/mol. The minimum atomic E-state index is -0.520. The first-order valence-electron chi connectivity index (χ1n) is 9.12. The summed E-state index contributed by atoms with van der Waals surface area (Å²) < 4.78 is 24.1. The van der Waals surface area contributed by atoms with Crippen molar-refractivity contribution < 1.29 is 22.8 Å². The molecule has 3 aromatic rings. The van der Waals surface area contributed by atoms with Crippen molar-refractivity contribution in [3.63, 3.8) is 0 Å². The van der Waals surface area contributed by atoms with Crippen LogP contribution in [0.1, 0.15) is 17.9 Å². The quantitative estimate of drug-likeness (QED) is 0.566. The van der Waals surface area contributed by atoms with Crippen LogP contribution in [0.15, 0.2) is 69.9 Å². The predicted octanol–water partition coefficient (Wildman–Crippen LogP) is 2.92. The molecule has 29 heavy (non-hydrogen) atoms. The molecular weight excluding hydrogens is 377 g/mol.